The van der Waals surface area contributed by atoms with Crippen LogP contribution in [0.3, 0.4) is 0 Å². The Kier molecular flexibility index (Phi) is 4.13. The second-order valence-electron chi connectivity index (χ2n) is 6.93. The Morgan fingerprint density at radius 3 is 2.97 bits per heavy atom. The van der Waals surface area contributed by atoms with Gasteiger partial charge >= 0.3 is 0 Å². The van der Waals surface area contributed by atoms with Gasteiger partial charge in [-0.1, -0.05) is 6.07 Å². The molecule has 0 bridgehead atoms. The second-order valence-corrected chi connectivity index (χ2v) is 8.14. The summed E-state index contributed by atoms with van der Waals surface area (Å²) in [6, 6.07) is 11.3. The van der Waals surface area contributed by atoms with Gasteiger partial charge in [0.2, 0.25) is 5.91 Å². The van der Waals surface area contributed by atoms with E-state index >= 15 is 0 Å². The molecule has 2 amide bonds. The summed E-state index contributed by atoms with van der Waals surface area (Å²) in [5.41, 5.74) is 5.96. The summed E-state index contributed by atoms with van der Waals surface area (Å²) in [4.78, 5) is 37.0. The molecule has 2 aromatic carbocycles. The van der Waals surface area contributed by atoms with Gasteiger partial charge in [-0.25, -0.2) is 9.97 Å². The Labute approximate surface area is 170 Å². The van der Waals surface area contributed by atoms with Crippen LogP contribution < -0.4 is 10.6 Å². The van der Waals surface area contributed by atoms with Gasteiger partial charge in [-0.15, -0.1) is 11.3 Å². The number of aryl methyl sites for hydroxylation is 2. The molecule has 144 valence electrons. The van der Waals surface area contributed by atoms with Gasteiger partial charge < -0.3 is 10.3 Å². The van der Waals surface area contributed by atoms with Crippen molar-refractivity contribution in [1.82, 2.24) is 15.0 Å². The second kappa shape index (κ2) is 6.82. The molecule has 4 aromatic rings. The number of imidazole rings is 1. The quantitative estimate of drug-likeness (QED) is 0.479. The number of benzene rings is 2. The minimum absolute atomic E-state index is 0.0494. The van der Waals surface area contributed by atoms with Gasteiger partial charge in [0.25, 0.3) is 5.91 Å². The predicted molar refractivity (Wildman–Crippen MR) is 113 cm³/mol. The maximum Gasteiger partial charge on any atom is 0.257 e. The van der Waals surface area contributed by atoms with Crippen molar-refractivity contribution in [3.8, 4) is 11.3 Å². The van der Waals surface area contributed by atoms with E-state index < -0.39 is 0 Å². The lowest BCUT2D eigenvalue weighted by Gasteiger charge is -2.17. The lowest BCUT2D eigenvalue weighted by atomic mass is 9.99. The molecule has 3 N–H and O–H groups in total. The van der Waals surface area contributed by atoms with Gasteiger partial charge in [0, 0.05) is 28.1 Å². The highest BCUT2D eigenvalue weighted by molar-refractivity contribution is 7.16. The number of hydrogen-bond acceptors (Lipinski definition) is 5. The fourth-order valence-corrected chi connectivity index (χ4v) is 4.33. The van der Waals surface area contributed by atoms with Gasteiger partial charge in [-0.05, 0) is 49.2 Å². The number of fused-ring (bicyclic) bond motifs is 2. The number of hydrogen-bond donors (Lipinski definition) is 3. The summed E-state index contributed by atoms with van der Waals surface area (Å²) in [6.07, 6.45) is 2.82. The minimum Gasteiger partial charge on any atom is -0.345 e. The molecule has 0 radical (unpaired) electrons. The molecule has 3 heterocycles. The molecular weight excluding hydrogens is 386 g/mol. The van der Waals surface area contributed by atoms with Crippen molar-refractivity contribution >= 4 is 45.0 Å². The highest BCUT2D eigenvalue weighted by atomic mass is 32.1. The van der Waals surface area contributed by atoms with Crippen LogP contribution in [0.2, 0.25) is 0 Å². The summed E-state index contributed by atoms with van der Waals surface area (Å²) < 4.78 is 0. The molecule has 0 spiro atoms. The number of carbonyl (C=O) groups is 2. The first-order valence-electron chi connectivity index (χ1n) is 9.22. The summed E-state index contributed by atoms with van der Waals surface area (Å²) in [5.74, 6) is -0.164. The maximum atomic E-state index is 12.6. The van der Waals surface area contributed by atoms with E-state index in [2.05, 4.69) is 31.7 Å². The number of nitrogens with one attached hydrogen (secondary N) is 3. The summed E-state index contributed by atoms with van der Waals surface area (Å²) in [7, 11) is 0. The van der Waals surface area contributed by atoms with Crippen LogP contribution in [0.5, 0.6) is 0 Å². The predicted octanol–water partition coefficient (Wildman–Crippen LogP) is 4.13. The molecule has 5 rings (SSSR count). The van der Waals surface area contributed by atoms with Crippen molar-refractivity contribution in [2.24, 2.45) is 0 Å². The van der Waals surface area contributed by atoms with E-state index in [4.69, 9.17) is 0 Å². The first-order valence-corrected chi connectivity index (χ1v) is 10.0. The number of aromatic amines is 1. The van der Waals surface area contributed by atoms with Crippen LogP contribution in [0.25, 0.3) is 22.3 Å². The Morgan fingerprint density at radius 2 is 2.07 bits per heavy atom. The van der Waals surface area contributed by atoms with E-state index in [1.807, 2.05) is 25.1 Å². The van der Waals surface area contributed by atoms with Crippen molar-refractivity contribution < 1.29 is 9.59 Å². The van der Waals surface area contributed by atoms with E-state index in [9.17, 15) is 9.59 Å². The van der Waals surface area contributed by atoms with Crippen molar-refractivity contribution in [3.05, 3.63) is 58.7 Å². The zero-order valence-corrected chi connectivity index (χ0v) is 16.4. The number of amides is 2. The third kappa shape index (κ3) is 3.27. The fourth-order valence-electron chi connectivity index (χ4n) is 3.49. The van der Waals surface area contributed by atoms with Gasteiger partial charge in [0.05, 0.1) is 23.1 Å². The highest BCUT2D eigenvalue weighted by Gasteiger charge is 2.18. The molecule has 1 aliphatic rings. The summed E-state index contributed by atoms with van der Waals surface area (Å²) >= 11 is 1.44. The molecule has 0 atom stereocenters. The molecule has 8 heteroatoms. The topological polar surface area (TPSA) is 99.8 Å². The van der Waals surface area contributed by atoms with E-state index in [1.165, 1.54) is 11.3 Å². The largest absolute Gasteiger partial charge is 0.345 e. The van der Waals surface area contributed by atoms with Crippen molar-refractivity contribution in [1.29, 1.82) is 0 Å². The zero-order chi connectivity index (χ0) is 20.0. The Balaban J connectivity index is 1.40. The number of nitrogens with zero attached hydrogens (tertiary/aromatic N) is 2. The number of H-pyrrole nitrogens is 1. The number of carbonyl (C=O) groups excluding carboxylic acids is 2. The molecule has 0 unspecified atom stereocenters. The average Bonchev–Trinajstić information content (AvgIpc) is 3.33. The third-order valence-electron chi connectivity index (χ3n) is 4.97. The van der Waals surface area contributed by atoms with Crippen LogP contribution in [0, 0.1) is 6.92 Å². The van der Waals surface area contributed by atoms with E-state index in [-0.39, 0.29) is 11.8 Å². The smallest absolute Gasteiger partial charge is 0.257 e. The van der Waals surface area contributed by atoms with E-state index in [1.54, 1.807) is 18.5 Å². The Hall–Kier alpha value is -3.52. The first-order chi connectivity index (χ1) is 14.1. The highest BCUT2D eigenvalue weighted by Crippen LogP contribution is 2.34. The monoisotopic (exact) mass is 403 g/mol. The van der Waals surface area contributed by atoms with E-state index in [0.29, 0.717) is 17.1 Å². The molecular formula is C21H17N5O2S. The Morgan fingerprint density at radius 1 is 1.17 bits per heavy atom. The van der Waals surface area contributed by atoms with Gasteiger partial charge in [0.15, 0.2) is 5.13 Å². The van der Waals surface area contributed by atoms with Crippen LogP contribution in [0.1, 0.15) is 27.2 Å². The van der Waals surface area contributed by atoms with Crippen LogP contribution in [0.15, 0.2) is 42.7 Å². The molecule has 7 nitrogen and oxygen atoms in total. The maximum absolute atomic E-state index is 12.6. The number of anilines is 2. The molecule has 1 aliphatic heterocycles. The van der Waals surface area contributed by atoms with Crippen LogP contribution in [-0.4, -0.2) is 26.8 Å². The van der Waals surface area contributed by atoms with Crippen molar-refractivity contribution in [2.75, 3.05) is 10.6 Å². The molecule has 2 aromatic heterocycles. The fraction of sp³-hybridized carbons (Fsp3) is 0.143. The lowest BCUT2D eigenvalue weighted by Crippen LogP contribution is -2.18. The van der Waals surface area contributed by atoms with E-state index in [0.717, 1.165) is 44.8 Å². The van der Waals surface area contributed by atoms with Crippen LogP contribution >= 0.6 is 11.3 Å². The standard InChI is InChI=1S/C21H17N5O2S/c1-11-19(13-2-5-15-12(8-13)4-7-18(27)24-15)25-21(29-11)26-20(28)14-3-6-16-17(9-14)23-10-22-16/h2-3,5-6,8-10H,4,7H2,1H3,(H,22,23)(H,24,27)(H,25,26,28). The van der Waals surface area contributed by atoms with Crippen LogP contribution in [0.4, 0.5) is 10.8 Å². The average molecular weight is 403 g/mol. The van der Waals surface area contributed by atoms with Gasteiger partial charge in [-0.2, -0.15) is 0 Å². The normalized spacial score (nSPS) is 13.2. The minimum atomic E-state index is -0.213. The zero-order valence-electron chi connectivity index (χ0n) is 15.6. The van der Waals surface area contributed by atoms with Gasteiger partial charge in [0.1, 0.15) is 0 Å². The third-order valence-corrected chi connectivity index (χ3v) is 5.86. The first kappa shape index (κ1) is 17.6. The molecule has 0 saturated carbocycles. The number of thiazole rings is 1. The lowest BCUT2D eigenvalue weighted by molar-refractivity contribution is -0.116. The van der Waals surface area contributed by atoms with Crippen molar-refractivity contribution in [3.63, 3.8) is 0 Å². The number of rotatable bonds is 3. The molecule has 0 aliphatic carbocycles. The van der Waals surface area contributed by atoms with Crippen molar-refractivity contribution in [2.45, 2.75) is 19.8 Å². The molecule has 29 heavy (non-hydrogen) atoms. The SMILES string of the molecule is Cc1sc(NC(=O)c2ccc3nc[nH]c3c2)nc1-c1ccc2c(c1)CCC(=O)N2. The number of aromatic nitrogens is 3. The summed E-state index contributed by atoms with van der Waals surface area (Å²) in [5, 5.41) is 6.34. The van der Waals surface area contributed by atoms with Crippen LogP contribution in [-0.2, 0) is 11.2 Å². The van der Waals surface area contributed by atoms with Gasteiger partial charge in [-0.3, -0.25) is 14.9 Å². The molecule has 0 fully saturated rings. The Bertz CT molecular complexity index is 1270. The molecule has 0 saturated heterocycles. The summed E-state index contributed by atoms with van der Waals surface area (Å²) in [6.45, 7) is 1.99.